The summed E-state index contributed by atoms with van der Waals surface area (Å²) in [4.78, 5) is 34.9. The Morgan fingerprint density at radius 1 is 1.12 bits per heavy atom. The van der Waals surface area contributed by atoms with Crippen LogP contribution < -0.4 is 15.4 Å². The van der Waals surface area contributed by atoms with E-state index in [-0.39, 0.29) is 29.9 Å². The van der Waals surface area contributed by atoms with Crippen LogP contribution in [0.3, 0.4) is 0 Å². The highest BCUT2D eigenvalue weighted by Crippen LogP contribution is 2.50. The number of hydrogen-bond acceptors (Lipinski definition) is 9. The number of likely N-dealkylation sites (N-methyl/N-ethyl adjacent to an activating group) is 2. The number of ether oxygens (including phenoxy) is 1. The Hall–Kier alpha value is -3.42. The van der Waals surface area contributed by atoms with Crippen molar-refractivity contribution in [1.82, 2.24) is 24.7 Å². The van der Waals surface area contributed by atoms with Crippen molar-refractivity contribution in [2.45, 2.75) is 68.7 Å². The number of fused-ring (bicyclic) bond motifs is 4. The topological polar surface area (TPSA) is 103 Å². The van der Waals surface area contributed by atoms with Crippen LogP contribution in [-0.4, -0.2) is 108 Å². The maximum atomic E-state index is 15.5. The van der Waals surface area contributed by atoms with Gasteiger partial charge in [-0.15, -0.1) is 0 Å². The van der Waals surface area contributed by atoms with Crippen LogP contribution in [0.1, 0.15) is 54.5 Å². The van der Waals surface area contributed by atoms with Gasteiger partial charge in [0, 0.05) is 64.2 Å². The van der Waals surface area contributed by atoms with E-state index in [1.165, 1.54) is 17.0 Å². The highest BCUT2D eigenvalue weighted by molar-refractivity contribution is 6.45. The number of halogens is 4. The first-order valence-electron chi connectivity index (χ1n) is 16.7. The minimum atomic E-state index is -0.901. The quantitative estimate of drug-likeness (QED) is 0.460. The van der Waals surface area contributed by atoms with Crippen molar-refractivity contribution in [3.63, 3.8) is 0 Å². The number of carbonyl (C=O) groups excluding carboxylic acids is 1. The van der Waals surface area contributed by atoms with Crippen LogP contribution in [0.4, 0.5) is 19.0 Å². The fourth-order valence-electron chi connectivity index (χ4n) is 8.53. The lowest BCUT2D eigenvalue weighted by Crippen LogP contribution is -2.48. The average Bonchev–Trinajstić information content (AvgIpc) is 3.65. The minimum Gasteiger partial charge on any atom is -0.461 e. The summed E-state index contributed by atoms with van der Waals surface area (Å²) in [7, 11) is 5.14. The van der Waals surface area contributed by atoms with Crippen molar-refractivity contribution in [2.75, 3.05) is 65.4 Å². The molecule has 4 aliphatic heterocycles. The SMILES string of the molecule is CN(C)C(=O)C(N)=C(Cl)C1=NCCCN(c2nc(OC[C@@]34CCCN3CC(F)C4)nc3c2CN(C)[C@@]2(CCc4c(F)ccc(F)c42)C3)C1. The molecule has 2 fully saturated rings. The normalized spacial score (nSPS) is 27.7. The first kappa shape index (κ1) is 33.1. The fraction of sp³-hybridized carbons (Fsp3) is 0.588. The Bertz CT molecular complexity index is 1700. The lowest BCUT2D eigenvalue weighted by Gasteiger charge is -2.44. The van der Waals surface area contributed by atoms with E-state index in [1.54, 1.807) is 14.1 Å². The summed E-state index contributed by atoms with van der Waals surface area (Å²) in [5, 5.41) is 0.0959. The molecular weight excluding hydrogens is 645 g/mol. The molecule has 2 N–H and O–H groups in total. The zero-order chi connectivity index (χ0) is 34.0. The zero-order valence-electron chi connectivity index (χ0n) is 27.7. The molecule has 0 saturated carbocycles. The molecule has 1 amide bonds. The molecule has 14 heteroatoms. The maximum absolute atomic E-state index is 15.5. The summed E-state index contributed by atoms with van der Waals surface area (Å²) < 4.78 is 51.4. The Balaban J connectivity index is 1.28. The summed E-state index contributed by atoms with van der Waals surface area (Å²) in [6.07, 6.45) is 3.32. The molecule has 1 unspecified atom stereocenters. The average molecular weight is 687 g/mol. The molecule has 0 radical (unpaired) electrons. The molecule has 0 bridgehead atoms. The summed E-state index contributed by atoms with van der Waals surface area (Å²) in [5.41, 5.74) is 7.73. The van der Waals surface area contributed by atoms with Crippen LogP contribution in [0.2, 0.25) is 0 Å². The molecule has 2 saturated heterocycles. The monoisotopic (exact) mass is 686 g/mol. The van der Waals surface area contributed by atoms with Crippen molar-refractivity contribution in [3.05, 3.63) is 56.9 Å². The molecule has 5 aliphatic rings. The molecule has 2 aromatic rings. The predicted octanol–water partition coefficient (Wildman–Crippen LogP) is 3.69. The van der Waals surface area contributed by atoms with E-state index in [1.807, 2.05) is 7.05 Å². The molecule has 1 aliphatic carbocycles. The van der Waals surface area contributed by atoms with Gasteiger partial charge in [0.25, 0.3) is 5.91 Å². The highest BCUT2D eigenvalue weighted by atomic mass is 35.5. The second kappa shape index (κ2) is 12.5. The van der Waals surface area contributed by atoms with E-state index < -0.39 is 34.8 Å². The number of amides is 1. The first-order valence-corrected chi connectivity index (χ1v) is 17.1. The van der Waals surface area contributed by atoms with E-state index in [0.717, 1.165) is 24.9 Å². The van der Waals surface area contributed by atoms with Crippen molar-refractivity contribution < 1.29 is 22.7 Å². The maximum Gasteiger partial charge on any atom is 0.318 e. The van der Waals surface area contributed by atoms with Crippen molar-refractivity contribution >= 4 is 29.0 Å². The number of rotatable bonds is 6. The number of aliphatic imine (C=N–C) groups is 1. The van der Waals surface area contributed by atoms with E-state index in [2.05, 4.69) is 19.7 Å². The van der Waals surface area contributed by atoms with Crippen LogP contribution in [0.15, 0.2) is 27.9 Å². The molecule has 5 heterocycles. The number of nitrogens with two attached hydrogens (primary N) is 1. The van der Waals surface area contributed by atoms with Crippen molar-refractivity contribution in [1.29, 1.82) is 0 Å². The largest absolute Gasteiger partial charge is 0.461 e. The van der Waals surface area contributed by atoms with Gasteiger partial charge in [-0.3, -0.25) is 19.6 Å². The van der Waals surface area contributed by atoms with Gasteiger partial charge in [0.15, 0.2) is 0 Å². The van der Waals surface area contributed by atoms with Crippen LogP contribution in [-0.2, 0) is 29.7 Å². The molecule has 258 valence electrons. The molecule has 3 atom stereocenters. The minimum absolute atomic E-state index is 0.0880. The molecule has 1 aromatic heterocycles. The third-order valence-electron chi connectivity index (χ3n) is 11.0. The van der Waals surface area contributed by atoms with E-state index >= 15 is 4.39 Å². The van der Waals surface area contributed by atoms with E-state index in [9.17, 15) is 13.6 Å². The first-order chi connectivity index (χ1) is 22.9. The van der Waals surface area contributed by atoms with Gasteiger partial charge in [-0.25, -0.2) is 13.2 Å². The number of alkyl halides is 1. The number of aromatic nitrogens is 2. The molecule has 10 nitrogen and oxygen atoms in total. The predicted molar refractivity (Wildman–Crippen MR) is 177 cm³/mol. The molecule has 48 heavy (non-hydrogen) atoms. The Morgan fingerprint density at radius 3 is 2.71 bits per heavy atom. The third-order valence-corrected chi connectivity index (χ3v) is 11.4. The van der Waals surface area contributed by atoms with Crippen LogP contribution in [0, 0.1) is 11.6 Å². The summed E-state index contributed by atoms with van der Waals surface area (Å²) in [6, 6.07) is 2.57. The number of carbonyl (C=O) groups is 1. The zero-order valence-corrected chi connectivity index (χ0v) is 28.4. The molecule has 7 rings (SSSR count). The smallest absolute Gasteiger partial charge is 0.318 e. The van der Waals surface area contributed by atoms with E-state index in [4.69, 9.17) is 32.0 Å². The second-order valence-corrected chi connectivity index (χ2v) is 14.5. The number of nitrogens with zero attached hydrogens (tertiary/aromatic N) is 7. The molecule has 1 aromatic carbocycles. The highest BCUT2D eigenvalue weighted by Gasteiger charge is 2.51. The third kappa shape index (κ3) is 5.51. The number of benzene rings is 1. The van der Waals surface area contributed by atoms with Gasteiger partial charge in [0.1, 0.15) is 35.9 Å². The molecular formula is C34H42ClF3N8O2. The summed E-state index contributed by atoms with van der Waals surface area (Å²) in [5.74, 6) is -0.607. The summed E-state index contributed by atoms with van der Waals surface area (Å²) in [6.45, 7) is 3.18. The number of anilines is 1. The van der Waals surface area contributed by atoms with Crippen LogP contribution in [0.5, 0.6) is 6.01 Å². The van der Waals surface area contributed by atoms with Gasteiger partial charge < -0.3 is 20.3 Å². The Morgan fingerprint density at radius 2 is 1.92 bits per heavy atom. The lowest BCUT2D eigenvalue weighted by atomic mass is 9.80. The Labute approximate surface area is 283 Å². The van der Waals surface area contributed by atoms with Crippen molar-refractivity contribution in [2.24, 2.45) is 10.7 Å². The van der Waals surface area contributed by atoms with Gasteiger partial charge in [0.2, 0.25) is 0 Å². The van der Waals surface area contributed by atoms with Crippen LogP contribution in [0.25, 0.3) is 0 Å². The van der Waals surface area contributed by atoms with Gasteiger partial charge in [-0.2, -0.15) is 9.97 Å². The van der Waals surface area contributed by atoms with Crippen molar-refractivity contribution in [3.8, 4) is 6.01 Å². The van der Waals surface area contributed by atoms with Gasteiger partial charge in [-0.1, -0.05) is 11.6 Å². The van der Waals surface area contributed by atoms with Gasteiger partial charge >= 0.3 is 6.01 Å². The summed E-state index contributed by atoms with van der Waals surface area (Å²) >= 11 is 6.70. The standard InChI is InChI=1S/C34H42ClF3N8O2/c1-43(2)31(47)29(39)28(35)26-18-45(12-5-11-40-26)30-22-17-44(3)34(10-8-21-23(37)6-7-24(38)27(21)34)15-25(22)41-32(42-30)48-19-33-9-4-13-46(33)16-20(36)14-33/h6-7,20H,4-5,8-19,39H2,1-3H3/t20?,33-,34-/m0/s1. The fourth-order valence-corrected chi connectivity index (χ4v) is 8.73. The van der Waals surface area contributed by atoms with Gasteiger partial charge in [0.05, 0.1) is 34.1 Å². The van der Waals surface area contributed by atoms with Gasteiger partial charge in [-0.05, 0) is 63.4 Å². The number of hydrogen-bond donors (Lipinski definition) is 1. The molecule has 1 spiro atoms. The lowest BCUT2D eigenvalue weighted by molar-refractivity contribution is -0.124. The second-order valence-electron chi connectivity index (χ2n) is 14.1. The van der Waals surface area contributed by atoms with E-state index in [0.29, 0.717) is 86.6 Å². The van der Waals surface area contributed by atoms with Crippen LogP contribution >= 0.6 is 11.6 Å². The Kier molecular flexibility index (Phi) is 8.60.